The van der Waals surface area contributed by atoms with Gasteiger partial charge in [0.25, 0.3) is 0 Å². The number of urea groups is 1. The summed E-state index contributed by atoms with van der Waals surface area (Å²) in [5.74, 6) is 2.03. The molecule has 2 N–H and O–H groups in total. The molecule has 0 aromatic heterocycles. The van der Waals surface area contributed by atoms with Gasteiger partial charge in [0.2, 0.25) is 6.79 Å². The van der Waals surface area contributed by atoms with Gasteiger partial charge in [0.1, 0.15) is 12.4 Å². The van der Waals surface area contributed by atoms with Gasteiger partial charge in [-0.05, 0) is 42.8 Å². The maximum absolute atomic E-state index is 11.9. The van der Waals surface area contributed by atoms with E-state index in [0.29, 0.717) is 41.1 Å². The molecule has 0 radical (unpaired) electrons. The molecule has 126 valence electrons. The van der Waals surface area contributed by atoms with Crippen LogP contribution in [0.25, 0.3) is 0 Å². The number of halogens is 1. The van der Waals surface area contributed by atoms with Crippen LogP contribution in [0.1, 0.15) is 5.56 Å². The van der Waals surface area contributed by atoms with Gasteiger partial charge in [-0.15, -0.1) is 0 Å². The maximum atomic E-state index is 11.9. The summed E-state index contributed by atoms with van der Waals surface area (Å²) in [6, 6.07) is 10.3. The summed E-state index contributed by atoms with van der Waals surface area (Å²) in [5, 5.41) is 6.14. The fraction of sp³-hybridized carbons (Fsp3) is 0.235. The Morgan fingerprint density at radius 3 is 2.88 bits per heavy atom. The zero-order valence-corrected chi connectivity index (χ0v) is 13.9. The van der Waals surface area contributed by atoms with Gasteiger partial charge in [-0.2, -0.15) is 0 Å². The molecule has 2 aromatic rings. The number of fused-ring (bicyclic) bond motifs is 1. The van der Waals surface area contributed by atoms with Gasteiger partial charge in [-0.3, -0.25) is 0 Å². The van der Waals surface area contributed by atoms with Crippen molar-refractivity contribution < 1.29 is 19.0 Å². The number of carbonyl (C=O) groups excluding carboxylic acids is 1. The van der Waals surface area contributed by atoms with Crippen molar-refractivity contribution in [3.63, 3.8) is 0 Å². The third-order valence-electron chi connectivity index (χ3n) is 3.44. The van der Waals surface area contributed by atoms with Crippen LogP contribution in [-0.4, -0.2) is 26.0 Å². The van der Waals surface area contributed by atoms with E-state index in [9.17, 15) is 4.79 Å². The van der Waals surface area contributed by atoms with Crippen molar-refractivity contribution in [2.45, 2.75) is 6.92 Å². The van der Waals surface area contributed by atoms with Crippen molar-refractivity contribution in [2.75, 3.05) is 25.3 Å². The molecule has 0 atom stereocenters. The Hall–Kier alpha value is -2.60. The quantitative estimate of drug-likeness (QED) is 0.810. The molecule has 7 heteroatoms. The second-order valence-corrected chi connectivity index (χ2v) is 5.64. The molecule has 0 aliphatic carbocycles. The first-order valence-electron chi connectivity index (χ1n) is 7.45. The lowest BCUT2D eigenvalue weighted by Gasteiger charge is -2.11. The van der Waals surface area contributed by atoms with Gasteiger partial charge in [-0.1, -0.05) is 11.6 Å². The molecule has 0 unspecified atom stereocenters. The van der Waals surface area contributed by atoms with Gasteiger partial charge in [0.05, 0.1) is 6.54 Å². The van der Waals surface area contributed by atoms with Crippen molar-refractivity contribution in [1.82, 2.24) is 5.32 Å². The van der Waals surface area contributed by atoms with Gasteiger partial charge in [-0.25, -0.2) is 4.79 Å². The van der Waals surface area contributed by atoms with Crippen molar-refractivity contribution in [1.29, 1.82) is 0 Å². The fourth-order valence-corrected chi connectivity index (χ4v) is 2.46. The predicted molar refractivity (Wildman–Crippen MR) is 91.3 cm³/mol. The first-order chi connectivity index (χ1) is 11.6. The normalized spacial score (nSPS) is 11.9. The first kappa shape index (κ1) is 16.3. The third-order valence-corrected chi connectivity index (χ3v) is 3.67. The van der Waals surface area contributed by atoms with Crippen molar-refractivity contribution in [3.8, 4) is 17.2 Å². The highest BCUT2D eigenvalue weighted by Gasteiger charge is 2.13. The van der Waals surface area contributed by atoms with E-state index in [1.165, 1.54) is 0 Å². The molecule has 6 nitrogen and oxygen atoms in total. The smallest absolute Gasteiger partial charge is 0.319 e. The number of anilines is 1. The Morgan fingerprint density at radius 1 is 1.21 bits per heavy atom. The average molecular weight is 349 g/mol. The van der Waals surface area contributed by atoms with Gasteiger partial charge >= 0.3 is 6.03 Å². The number of amides is 2. The van der Waals surface area contributed by atoms with Crippen LogP contribution < -0.4 is 24.8 Å². The van der Waals surface area contributed by atoms with Crippen LogP contribution in [0.15, 0.2) is 36.4 Å². The van der Waals surface area contributed by atoms with E-state index in [-0.39, 0.29) is 12.8 Å². The van der Waals surface area contributed by atoms with Crippen molar-refractivity contribution in [3.05, 3.63) is 47.0 Å². The highest BCUT2D eigenvalue weighted by Crippen LogP contribution is 2.34. The molecule has 0 bridgehead atoms. The molecular formula is C17H17ClN2O4. The summed E-state index contributed by atoms with van der Waals surface area (Å²) >= 11 is 5.89. The van der Waals surface area contributed by atoms with Gasteiger partial charge < -0.3 is 24.8 Å². The van der Waals surface area contributed by atoms with Crippen molar-refractivity contribution in [2.24, 2.45) is 0 Å². The minimum Gasteiger partial charge on any atom is -0.492 e. The summed E-state index contributed by atoms with van der Waals surface area (Å²) < 4.78 is 16.1. The molecule has 0 saturated carbocycles. The Kier molecular flexibility index (Phi) is 4.96. The largest absolute Gasteiger partial charge is 0.492 e. The molecule has 1 aliphatic rings. The van der Waals surface area contributed by atoms with Crippen LogP contribution in [0.4, 0.5) is 10.5 Å². The molecule has 1 heterocycles. The van der Waals surface area contributed by atoms with E-state index in [1.807, 2.05) is 6.92 Å². The second-order valence-electron chi connectivity index (χ2n) is 5.20. The number of carbonyl (C=O) groups is 1. The standard InChI is InChI=1S/C17H17ClN2O4/c1-11-8-12(18)2-4-14(11)20-17(21)19-6-7-22-13-3-5-15-16(9-13)24-10-23-15/h2-5,8-9H,6-7,10H2,1H3,(H2,19,20,21). The van der Waals surface area contributed by atoms with Gasteiger partial charge in [0.15, 0.2) is 11.5 Å². The zero-order chi connectivity index (χ0) is 16.9. The van der Waals surface area contributed by atoms with Crippen LogP contribution in [0.2, 0.25) is 5.02 Å². The van der Waals surface area contributed by atoms with E-state index >= 15 is 0 Å². The fourth-order valence-electron chi connectivity index (χ4n) is 2.23. The number of ether oxygens (including phenoxy) is 3. The number of nitrogens with one attached hydrogen (secondary N) is 2. The highest BCUT2D eigenvalue weighted by molar-refractivity contribution is 6.30. The Labute approximate surface area is 144 Å². The van der Waals surface area contributed by atoms with E-state index < -0.39 is 0 Å². The van der Waals surface area contributed by atoms with Crippen LogP contribution in [0, 0.1) is 6.92 Å². The number of aryl methyl sites for hydroxylation is 1. The zero-order valence-electron chi connectivity index (χ0n) is 13.1. The SMILES string of the molecule is Cc1cc(Cl)ccc1NC(=O)NCCOc1ccc2c(c1)OCO2. The second kappa shape index (κ2) is 7.31. The number of rotatable bonds is 5. The summed E-state index contributed by atoms with van der Waals surface area (Å²) in [6.45, 7) is 2.81. The minimum absolute atomic E-state index is 0.227. The monoisotopic (exact) mass is 348 g/mol. The number of benzene rings is 2. The first-order valence-corrected chi connectivity index (χ1v) is 7.83. The molecule has 0 fully saturated rings. The summed E-state index contributed by atoms with van der Waals surface area (Å²) in [6.07, 6.45) is 0. The molecule has 2 amide bonds. The molecule has 1 aliphatic heterocycles. The van der Waals surface area contributed by atoms with E-state index in [4.69, 9.17) is 25.8 Å². The highest BCUT2D eigenvalue weighted by atomic mass is 35.5. The maximum Gasteiger partial charge on any atom is 0.319 e. The summed E-state index contributed by atoms with van der Waals surface area (Å²) in [4.78, 5) is 11.9. The molecule has 24 heavy (non-hydrogen) atoms. The van der Waals surface area contributed by atoms with Crippen molar-refractivity contribution >= 4 is 23.3 Å². The molecule has 3 rings (SSSR count). The summed E-state index contributed by atoms with van der Waals surface area (Å²) in [5.41, 5.74) is 1.61. The molecular weight excluding hydrogens is 332 g/mol. The summed E-state index contributed by atoms with van der Waals surface area (Å²) in [7, 11) is 0. The lowest BCUT2D eigenvalue weighted by molar-refractivity contribution is 0.173. The predicted octanol–water partition coefficient (Wildman–Crippen LogP) is 3.58. The number of hydrogen-bond acceptors (Lipinski definition) is 4. The molecule has 0 spiro atoms. The number of hydrogen-bond donors (Lipinski definition) is 2. The molecule has 0 saturated heterocycles. The van der Waals surface area contributed by atoms with Crippen LogP contribution in [0.3, 0.4) is 0 Å². The van der Waals surface area contributed by atoms with Crippen LogP contribution >= 0.6 is 11.6 Å². The van der Waals surface area contributed by atoms with E-state index in [1.54, 1.807) is 36.4 Å². The van der Waals surface area contributed by atoms with Crippen LogP contribution in [-0.2, 0) is 0 Å². The van der Waals surface area contributed by atoms with Crippen LogP contribution in [0.5, 0.6) is 17.2 Å². The Balaban J connectivity index is 1.42. The minimum atomic E-state index is -0.297. The lowest BCUT2D eigenvalue weighted by atomic mass is 10.2. The Bertz CT molecular complexity index is 751. The lowest BCUT2D eigenvalue weighted by Crippen LogP contribution is -2.32. The Morgan fingerprint density at radius 2 is 2.04 bits per heavy atom. The topological polar surface area (TPSA) is 68.8 Å². The van der Waals surface area contributed by atoms with E-state index in [0.717, 1.165) is 5.56 Å². The van der Waals surface area contributed by atoms with Gasteiger partial charge in [0, 0.05) is 16.8 Å². The average Bonchev–Trinajstić information content (AvgIpc) is 3.02. The molecule has 2 aromatic carbocycles. The van der Waals surface area contributed by atoms with E-state index in [2.05, 4.69) is 10.6 Å². The third kappa shape index (κ3) is 4.02.